The summed E-state index contributed by atoms with van der Waals surface area (Å²) in [6, 6.07) is 0.133. The largest absolute Gasteiger partial charge is 0.341 e. The molecule has 0 spiro atoms. The van der Waals surface area contributed by atoms with Crippen LogP contribution in [0.5, 0.6) is 0 Å². The predicted octanol–water partition coefficient (Wildman–Crippen LogP) is 2.89. The lowest BCUT2D eigenvalue weighted by Crippen LogP contribution is -2.35. The molecule has 0 radical (unpaired) electrons. The van der Waals surface area contributed by atoms with Crippen LogP contribution in [0.3, 0.4) is 0 Å². The maximum absolute atomic E-state index is 12.5. The van der Waals surface area contributed by atoms with Crippen molar-refractivity contribution in [2.45, 2.75) is 52.5 Å². The zero-order chi connectivity index (χ0) is 15.5. The van der Waals surface area contributed by atoms with Gasteiger partial charge in [0.2, 0.25) is 0 Å². The van der Waals surface area contributed by atoms with Crippen molar-refractivity contribution in [3.63, 3.8) is 0 Å². The summed E-state index contributed by atoms with van der Waals surface area (Å²) in [5.41, 5.74) is 8.56. The number of thiazole rings is 1. The SMILES string of the molecule is CC(C)C(N)CCN(C)C(=O)c1scnc1C(C)(C)C. The van der Waals surface area contributed by atoms with Crippen LogP contribution < -0.4 is 5.73 Å². The number of hydrogen-bond donors (Lipinski definition) is 1. The molecular formula is C15H27N3OS. The van der Waals surface area contributed by atoms with E-state index in [2.05, 4.69) is 39.6 Å². The van der Waals surface area contributed by atoms with Gasteiger partial charge in [0, 0.05) is 25.0 Å². The Bertz CT molecular complexity index is 448. The van der Waals surface area contributed by atoms with Crippen LogP contribution >= 0.6 is 11.3 Å². The van der Waals surface area contributed by atoms with Gasteiger partial charge in [-0.15, -0.1) is 11.3 Å². The van der Waals surface area contributed by atoms with Crippen LogP contribution in [0.1, 0.15) is 56.4 Å². The summed E-state index contributed by atoms with van der Waals surface area (Å²) >= 11 is 1.42. The van der Waals surface area contributed by atoms with Crippen LogP contribution in [0, 0.1) is 5.92 Å². The minimum Gasteiger partial charge on any atom is -0.341 e. The maximum atomic E-state index is 12.5. The predicted molar refractivity (Wildman–Crippen MR) is 85.2 cm³/mol. The van der Waals surface area contributed by atoms with Gasteiger partial charge in [-0.05, 0) is 12.3 Å². The van der Waals surface area contributed by atoms with Crippen molar-refractivity contribution in [3.05, 3.63) is 16.1 Å². The van der Waals surface area contributed by atoms with E-state index in [9.17, 15) is 4.79 Å². The standard InChI is InChI=1S/C15H27N3OS/c1-10(2)11(16)7-8-18(6)14(19)12-13(15(3,4)5)17-9-20-12/h9-11H,7-8,16H2,1-6H3. The molecule has 0 fully saturated rings. The molecule has 114 valence electrons. The van der Waals surface area contributed by atoms with Crippen molar-refractivity contribution >= 4 is 17.2 Å². The Labute approximate surface area is 126 Å². The van der Waals surface area contributed by atoms with E-state index in [-0.39, 0.29) is 17.4 Å². The molecule has 0 aromatic carbocycles. The molecule has 1 aromatic rings. The third-order valence-electron chi connectivity index (χ3n) is 3.47. The third-order valence-corrected chi connectivity index (χ3v) is 4.29. The zero-order valence-electron chi connectivity index (χ0n) is 13.4. The molecule has 0 bridgehead atoms. The third kappa shape index (κ3) is 4.28. The molecule has 4 nitrogen and oxygen atoms in total. The van der Waals surface area contributed by atoms with E-state index in [4.69, 9.17) is 5.73 Å². The number of nitrogens with two attached hydrogens (primary N) is 1. The normalized spacial score (nSPS) is 13.6. The number of carbonyl (C=O) groups is 1. The summed E-state index contributed by atoms with van der Waals surface area (Å²) < 4.78 is 0. The molecular weight excluding hydrogens is 270 g/mol. The van der Waals surface area contributed by atoms with Crippen molar-refractivity contribution in [2.24, 2.45) is 11.7 Å². The molecule has 2 N–H and O–H groups in total. The fourth-order valence-corrected chi connectivity index (χ4v) is 2.87. The average Bonchev–Trinajstić information content (AvgIpc) is 2.83. The van der Waals surface area contributed by atoms with Crippen molar-refractivity contribution in [3.8, 4) is 0 Å². The monoisotopic (exact) mass is 297 g/mol. The van der Waals surface area contributed by atoms with Crippen LogP contribution in [0.4, 0.5) is 0 Å². The molecule has 20 heavy (non-hydrogen) atoms. The minimum atomic E-state index is -0.111. The lowest BCUT2D eigenvalue weighted by Gasteiger charge is -2.23. The first-order valence-corrected chi connectivity index (χ1v) is 7.97. The smallest absolute Gasteiger partial charge is 0.265 e. The van der Waals surface area contributed by atoms with Crippen LogP contribution in [0.2, 0.25) is 0 Å². The van der Waals surface area contributed by atoms with E-state index in [1.165, 1.54) is 11.3 Å². The lowest BCUT2D eigenvalue weighted by molar-refractivity contribution is 0.0791. The van der Waals surface area contributed by atoms with Gasteiger partial charge in [0.1, 0.15) is 4.88 Å². The van der Waals surface area contributed by atoms with Gasteiger partial charge in [0.15, 0.2) is 0 Å². The Balaban J connectivity index is 2.73. The first kappa shape index (κ1) is 17.1. The van der Waals surface area contributed by atoms with Crippen molar-refractivity contribution in [1.29, 1.82) is 0 Å². The van der Waals surface area contributed by atoms with Crippen LogP contribution in [-0.4, -0.2) is 35.4 Å². The van der Waals surface area contributed by atoms with Gasteiger partial charge in [0.05, 0.1) is 11.2 Å². The molecule has 0 saturated heterocycles. The summed E-state index contributed by atoms with van der Waals surface area (Å²) in [6.45, 7) is 11.1. The van der Waals surface area contributed by atoms with Crippen molar-refractivity contribution in [2.75, 3.05) is 13.6 Å². The second-order valence-corrected chi connectivity index (χ2v) is 7.56. The minimum absolute atomic E-state index is 0.0494. The summed E-state index contributed by atoms with van der Waals surface area (Å²) in [5, 5.41) is 0. The maximum Gasteiger partial charge on any atom is 0.265 e. The van der Waals surface area contributed by atoms with E-state index < -0.39 is 0 Å². The Morgan fingerprint density at radius 3 is 2.55 bits per heavy atom. The Morgan fingerprint density at radius 2 is 2.05 bits per heavy atom. The summed E-state index contributed by atoms with van der Waals surface area (Å²) in [5.74, 6) is 0.487. The fourth-order valence-electron chi connectivity index (χ4n) is 1.88. The number of hydrogen-bond acceptors (Lipinski definition) is 4. The van der Waals surface area contributed by atoms with Crippen molar-refractivity contribution in [1.82, 2.24) is 9.88 Å². The van der Waals surface area contributed by atoms with Crippen LogP contribution in [-0.2, 0) is 5.41 Å². The second-order valence-electron chi connectivity index (χ2n) is 6.70. The zero-order valence-corrected chi connectivity index (χ0v) is 14.3. The van der Waals surface area contributed by atoms with E-state index in [0.29, 0.717) is 12.5 Å². The molecule has 1 aromatic heterocycles. The molecule has 1 unspecified atom stereocenters. The summed E-state index contributed by atoms with van der Waals surface area (Å²) in [4.78, 5) is 19.4. The molecule has 1 rings (SSSR count). The molecule has 0 aliphatic rings. The van der Waals surface area contributed by atoms with E-state index in [1.54, 1.807) is 10.4 Å². The summed E-state index contributed by atoms with van der Waals surface area (Å²) in [6.07, 6.45) is 0.823. The molecule has 1 amide bonds. The second kappa shape index (κ2) is 6.68. The van der Waals surface area contributed by atoms with Crippen LogP contribution in [0.25, 0.3) is 0 Å². The highest BCUT2D eigenvalue weighted by Crippen LogP contribution is 2.28. The number of nitrogens with zero attached hydrogens (tertiary/aromatic N) is 2. The highest BCUT2D eigenvalue weighted by molar-refractivity contribution is 7.11. The van der Waals surface area contributed by atoms with E-state index in [0.717, 1.165) is 17.0 Å². The quantitative estimate of drug-likeness (QED) is 0.909. The number of rotatable bonds is 5. The van der Waals surface area contributed by atoms with Gasteiger partial charge in [-0.3, -0.25) is 4.79 Å². The highest BCUT2D eigenvalue weighted by Gasteiger charge is 2.26. The van der Waals surface area contributed by atoms with Gasteiger partial charge >= 0.3 is 0 Å². The first-order valence-electron chi connectivity index (χ1n) is 7.09. The van der Waals surface area contributed by atoms with E-state index >= 15 is 0 Å². The van der Waals surface area contributed by atoms with Gasteiger partial charge in [-0.25, -0.2) is 4.98 Å². The molecule has 0 saturated carbocycles. The molecule has 0 aliphatic heterocycles. The Hall–Kier alpha value is -0.940. The lowest BCUT2D eigenvalue weighted by atomic mass is 9.91. The molecule has 1 atom stereocenters. The van der Waals surface area contributed by atoms with Crippen LogP contribution in [0.15, 0.2) is 5.51 Å². The van der Waals surface area contributed by atoms with E-state index in [1.807, 2.05) is 7.05 Å². The average molecular weight is 297 g/mol. The Morgan fingerprint density at radius 1 is 1.45 bits per heavy atom. The topological polar surface area (TPSA) is 59.2 Å². The number of amides is 1. The summed E-state index contributed by atoms with van der Waals surface area (Å²) in [7, 11) is 1.83. The molecule has 0 aliphatic carbocycles. The molecule has 1 heterocycles. The van der Waals surface area contributed by atoms with Gasteiger partial charge in [-0.2, -0.15) is 0 Å². The van der Waals surface area contributed by atoms with Crippen molar-refractivity contribution < 1.29 is 4.79 Å². The number of carbonyl (C=O) groups excluding carboxylic acids is 1. The van der Waals surface area contributed by atoms with Gasteiger partial charge < -0.3 is 10.6 Å². The number of aromatic nitrogens is 1. The van der Waals surface area contributed by atoms with Gasteiger partial charge in [-0.1, -0.05) is 34.6 Å². The highest BCUT2D eigenvalue weighted by atomic mass is 32.1. The first-order chi connectivity index (χ1) is 9.14. The van der Waals surface area contributed by atoms with Gasteiger partial charge in [0.25, 0.3) is 5.91 Å². The molecule has 5 heteroatoms. The fraction of sp³-hybridized carbons (Fsp3) is 0.733. The Kier molecular flexibility index (Phi) is 5.71.